The highest BCUT2D eigenvalue weighted by Crippen LogP contribution is 2.50. The van der Waals surface area contributed by atoms with E-state index in [1.54, 1.807) is 0 Å². The molecule has 1 aliphatic heterocycles. The zero-order valence-corrected chi connectivity index (χ0v) is 11.9. The number of carbonyl (C=O) groups is 2. The molecule has 1 heterocycles. The molecule has 3 aliphatic carbocycles. The van der Waals surface area contributed by atoms with Crippen molar-refractivity contribution < 1.29 is 14.0 Å². The highest BCUT2D eigenvalue weighted by Gasteiger charge is 2.57. The molecule has 21 heavy (non-hydrogen) atoms. The summed E-state index contributed by atoms with van der Waals surface area (Å²) >= 11 is 5.74. The van der Waals surface area contributed by atoms with Gasteiger partial charge in [0.15, 0.2) is 0 Å². The van der Waals surface area contributed by atoms with E-state index in [0.717, 1.165) is 23.8 Å². The van der Waals surface area contributed by atoms with Crippen LogP contribution < -0.4 is 4.90 Å². The third kappa shape index (κ3) is 1.72. The Labute approximate surface area is 126 Å². The van der Waals surface area contributed by atoms with E-state index in [9.17, 15) is 14.0 Å². The quantitative estimate of drug-likeness (QED) is 0.590. The van der Waals surface area contributed by atoms with Gasteiger partial charge in [-0.15, -0.1) is 0 Å². The van der Waals surface area contributed by atoms with Crippen molar-refractivity contribution in [3.8, 4) is 0 Å². The summed E-state index contributed by atoms with van der Waals surface area (Å²) in [6.07, 6.45) is 5.95. The van der Waals surface area contributed by atoms with Crippen LogP contribution in [0.1, 0.15) is 12.8 Å². The molecule has 1 saturated heterocycles. The van der Waals surface area contributed by atoms with Crippen molar-refractivity contribution in [2.24, 2.45) is 23.7 Å². The summed E-state index contributed by atoms with van der Waals surface area (Å²) in [5.74, 6) is -1.61. The number of rotatable bonds is 1. The number of anilines is 1. The lowest BCUT2D eigenvalue weighted by Crippen LogP contribution is -2.38. The number of amides is 2. The number of imide groups is 1. The number of nitrogens with zero attached hydrogens (tertiary/aromatic N) is 1. The minimum Gasteiger partial charge on any atom is -0.274 e. The molecule has 3 nitrogen and oxygen atoms in total. The summed E-state index contributed by atoms with van der Waals surface area (Å²) in [5, 5.41) is 0.245. The number of fused-ring (bicyclic) bond motifs is 1. The molecule has 108 valence electrons. The van der Waals surface area contributed by atoms with Crippen LogP contribution in [0.2, 0.25) is 5.02 Å². The van der Waals surface area contributed by atoms with Gasteiger partial charge in [-0.3, -0.25) is 9.59 Å². The van der Waals surface area contributed by atoms with Gasteiger partial charge in [0.1, 0.15) is 5.82 Å². The van der Waals surface area contributed by atoms with Crippen LogP contribution in [-0.4, -0.2) is 11.8 Å². The lowest BCUT2D eigenvalue weighted by Gasteiger charge is -2.38. The van der Waals surface area contributed by atoms with E-state index in [2.05, 4.69) is 0 Å². The molecule has 4 atom stereocenters. The first-order valence-electron chi connectivity index (χ1n) is 7.09. The third-order valence-corrected chi connectivity index (χ3v) is 5.15. The Balaban J connectivity index is 1.78. The molecule has 4 aliphatic rings. The van der Waals surface area contributed by atoms with Crippen LogP contribution in [0.4, 0.5) is 10.1 Å². The van der Waals surface area contributed by atoms with Crippen LogP contribution in [0.5, 0.6) is 0 Å². The smallest absolute Gasteiger partial charge is 0.238 e. The minimum atomic E-state index is -0.636. The highest BCUT2D eigenvalue weighted by atomic mass is 35.5. The van der Waals surface area contributed by atoms with Gasteiger partial charge >= 0.3 is 0 Å². The summed E-state index contributed by atoms with van der Waals surface area (Å²) in [6, 6.07) is 4.03. The Morgan fingerprint density at radius 3 is 2.10 bits per heavy atom. The van der Waals surface area contributed by atoms with Gasteiger partial charge in [0.25, 0.3) is 0 Å². The number of allylic oxidation sites excluding steroid dienone is 2. The number of carbonyl (C=O) groups excluding carboxylic acids is 2. The summed E-state index contributed by atoms with van der Waals surface area (Å²) in [6.45, 7) is 0. The molecule has 5 heteroatoms. The fraction of sp³-hybridized carbons (Fsp3) is 0.375. The fourth-order valence-corrected chi connectivity index (χ4v) is 4.13. The van der Waals surface area contributed by atoms with Crippen molar-refractivity contribution >= 4 is 29.1 Å². The monoisotopic (exact) mass is 305 g/mol. The molecular weight excluding hydrogens is 293 g/mol. The maximum Gasteiger partial charge on any atom is 0.238 e. The molecule has 0 spiro atoms. The van der Waals surface area contributed by atoms with E-state index in [-0.39, 0.29) is 46.2 Å². The van der Waals surface area contributed by atoms with E-state index in [4.69, 9.17) is 11.6 Å². The van der Waals surface area contributed by atoms with Crippen molar-refractivity contribution in [3.05, 3.63) is 41.2 Å². The van der Waals surface area contributed by atoms with Crippen molar-refractivity contribution in [1.29, 1.82) is 0 Å². The van der Waals surface area contributed by atoms with Gasteiger partial charge in [0.05, 0.1) is 17.5 Å². The van der Waals surface area contributed by atoms with Gasteiger partial charge in [0, 0.05) is 5.02 Å². The molecule has 2 bridgehead atoms. The molecule has 0 unspecified atom stereocenters. The SMILES string of the molecule is O=C1[C@@H]2[C@H](C(=O)N1c1ccc(Cl)cc1F)[C@H]1C=C[C@H]2CC1. The van der Waals surface area contributed by atoms with E-state index in [1.165, 1.54) is 12.1 Å². The average Bonchev–Trinajstić information content (AvgIpc) is 2.75. The lowest BCUT2D eigenvalue weighted by atomic mass is 9.63. The molecule has 2 fully saturated rings. The minimum absolute atomic E-state index is 0.0169. The van der Waals surface area contributed by atoms with Crippen molar-refractivity contribution in [2.45, 2.75) is 12.8 Å². The van der Waals surface area contributed by atoms with Gasteiger partial charge in [-0.2, -0.15) is 0 Å². The van der Waals surface area contributed by atoms with E-state index >= 15 is 0 Å². The number of benzene rings is 1. The Morgan fingerprint density at radius 1 is 1.05 bits per heavy atom. The van der Waals surface area contributed by atoms with Crippen LogP contribution in [0.25, 0.3) is 0 Å². The second-order valence-corrected chi connectivity index (χ2v) is 6.39. The third-order valence-electron chi connectivity index (χ3n) is 4.91. The summed E-state index contributed by atoms with van der Waals surface area (Å²) < 4.78 is 14.1. The van der Waals surface area contributed by atoms with Crippen LogP contribution in [0.3, 0.4) is 0 Å². The second kappa shape index (κ2) is 4.41. The summed E-state index contributed by atoms with van der Waals surface area (Å²) in [4.78, 5) is 26.3. The standard InChI is InChI=1S/C16H13ClFNO2/c17-10-5-6-12(11(18)7-10)19-15(20)13-8-1-2-9(4-3-8)14(13)16(19)21/h1-2,5-9,13-14H,3-4H2/t8-,9-,13-,14+/m0/s1. The first kappa shape index (κ1) is 13.0. The largest absolute Gasteiger partial charge is 0.274 e. The zero-order chi connectivity index (χ0) is 14.7. The predicted molar refractivity (Wildman–Crippen MR) is 76.2 cm³/mol. The topological polar surface area (TPSA) is 37.4 Å². The maximum atomic E-state index is 14.1. The number of hydrogen-bond acceptors (Lipinski definition) is 2. The average molecular weight is 306 g/mol. The number of hydrogen-bond donors (Lipinski definition) is 0. The van der Waals surface area contributed by atoms with Crippen LogP contribution in [0.15, 0.2) is 30.4 Å². The first-order valence-corrected chi connectivity index (χ1v) is 7.47. The van der Waals surface area contributed by atoms with Crippen molar-refractivity contribution in [2.75, 3.05) is 4.90 Å². The molecule has 1 aromatic rings. The summed E-state index contributed by atoms with van der Waals surface area (Å²) in [7, 11) is 0. The van der Waals surface area contributed by atoms with Gasteiger partial charge < -0.3 is 0 Å². The Hall–Kier alpha value is -1.68. The highest BCUT2D eigenvalue weighted by molar-refractivity contribution is 6.31. The molecular formula is C16H13ClFNO2. The molecule has 1 aromatic carbocycles. The van der Waals surface area contributed by atoms with E-state index < -0.39 is 5.82 Å². The Kier molecular flexibility index (Phi) is 2.73. The van der Waals surface area contributed by atoms with Gasteiger partial charge in [-0.05, 0) is 42.9 Å². The van der Waals surface area contributed by atoms with Gasteiger partial charge in [-0.25, -0.2) is 9.29 Å². The van der Waals surface area contributed by atoms with Crippen molar-refractivity contribution in [1.82, 2.24) is 0 Å². The fourth-order valence-electron chi connectivity index (χ4n) is 3.97. The van der Waals surface area contributed by atoms with Crippen LogP contribution in [0, 0.1) is 29.5 Å². The second-order valence-electron chi connectivity index (χ2n) is 5.95. The van der Waals surface area contributed by atoms with E-state index in [1.807, 2.05) is 12.2 Å². The number of halogens is 2. The maximum absolute atomic E-state index is 14.1. The molecule has 0 N–H and O–H groups in total. The Morgan fingerprint density at radius 2 is 1.62 bits per heavy atom. The molecule has 2 amide bonds. The van der Waals surface area contributed by atoms with E-state index in [0.29, 0.717) is 0 Å². The first-order chi connectivity index (χ1) is 10.1. The molecule has 5 rings (SSSR count). The lowest BCUT2D eigenvalue weighted by molar-refractivity contribution is -0.124. The Bertz CT molecular complexity index is 655. The van der Waals surface area contributed by atoms with Crippen LogP contribution in [-0.2, 0) is 9.59 Å². The molecule has 0 radical (unpaired) electrons. The van der Waals surface area contributed by atoms with Crippen molar-refractivity contribution in [3.63, 3.8) is 0 Å². The van der Waals surface area contributed by atoms with Gasteiger partial charge in [0.2, 0.25) is 11.8 Å². The molecule has 0 aromatic heterocycles. The van der Waals surface area contributed by atoms with Gasteiger partial charge in [-0.1, -0.05) is 23.8 Å². The van der Waals surface area contributed by atoms with Crippen LogP contribution >= 0.6 is 11.6 Å². The zero-order valence-electron chi connectivity index (χ0n) is 11.1. The summed E-state index contributed by atoms with van der Waals surface area (Å²) in [5.41, 5.74) is 0.0169. The predicted octanol–water partition coefficient (Wildman–Crippen LogP) is 3.18. The molecule has 1 saturated carbocycles. The normalized spacial score (nSPS) is 33.7.